The molecule has 18 heavy (non-hydrogen) atoms. The lowest BCUT2D eigenvalue weighted by molar-refractivity contribution is 0.175. The predicted octanol–water partition coefficient (Wildman–Crippen LogP) is 2.29. The highest BCUT2D eigenvalue weighted by Gasteiger charge is 2.23. The number of rotatable bonds is 11. The molecule has 0 aromatic carbocycles. The van der Waals surface area contributed by atoms with Crippen LogP contribution in [0.15, 0.2) is 0 Å². The molecule has 1 N–H and O–H groups in total. The van der Waals surface area contributed by atoms with Crippen LogP contribution in [0.2, 0.25) is 0 Å². The smallest absolute Gasteiger partial charge is 0.00443 e. The van der Waals surface area contributed by atoms with E-state index in [1.807, 2.05) is 0 Å². The average molecular weight is 257 g/mol. The summed E-state index contributed by atoms with van der Waals surface area (Å²) >= 11 is 0. The van der Waals surface area contributed by atoms with E-state index in [0.29, 0.717) is 5.41 Å². The Hall–Kier alpha value is -0.120. The zero-order chi connectivity index (χ0) is 14.0. The van der Waals surface area contributed by atoms with Crippen LogP contribution < -0.4 is 5.32 Å². The van der Waals surface area contributed by atoms with Gasteiger partial charge < -0.3 is 15.1 Å². The van der Waals surface area contributed by atoms with Gasteiger partial charge in [-0.2, -0.15) is 0 Å². The molecule has 0 heterocycles. The lowest BCUT2D eigenvalue weighted by atomic mass is 9.86. The van der Waals surface area contributed by atoms with Gasteiger partial charge in [-0.05, 0) is 65.5 Å². The van der Waals surface area contributed by atoms with E-state index in [-0.39, 0.29) is 0 Å². The minimum atomic E-state index is 0.405. The average Bonchev–Trinajstić information content (AvgIpc) is 2.28. The molecular weight excluding hydrogens is 222 g/mol. The maximum atomic E-state index is 3.57. The summed E-state index contributed by atoms with van der Waals surface area (Å²) in [5.41, 5.74) is 0.405. The Morgan fingerprint density at radius 2 is 1.72 bits per heavy atom. The van der Waals surface area contributed by atoms with E-state index in [0.717, 1.165) is 13.1 Å². The molecule has 0 aromatic rings. The van der Waals surface area contributed by atoms with Gasteiger partial charge in [-0.25, -0.2) is 0 Å². The fourth-order valence-corrected chi connectivity index (χ4v) is 2.25. The second-order valence-corrected chi connectivity index (χ2v) is 6.24. The van der Waals surface area contributed by atoms with Crippen molar-refractivity contribution in [3.8, 4) is 0 Å². The molecule has 0 aliphatic rings. The molecule has 0 spiro atoms. The molecule has 0 amide bonds. The van der Waals surface area contributed by atoms with Crippen LogP contribution in [0, 0.1) is 5.41 Å². The summed E-state index contributed by atoms with van der Waals surface area (Å²) in [7, 11) is 6.54. The van der Waals surface area contributed by atoms with Gasteiger partial charge in [-0.3, -0.25) is 0 Å². The first-order valence-corrected chi connectivity index (χ1v) is 7.47. The predicted molar refractivity (Wildman–Crippen MR) is 82.2 cm³/mol. The molecule has 0 saturated carbocycles. The van der Waals surface area contributed by atoms with Crippen LogP contribution in [0.5, 0.6) is 0 Å². The molecular formula is C15H35N3. The van der Waals surface area contributed by atoms with Crippen LogP contribution in [-0.2, 0) is 0 Å². The maximum Gasteiger partial charge on any atom is 0.00443 e. The van der Waals surface area contributed by atoms with Gasteiger partial charge in [0.25, 0.3) is 0 Å². The Morgan fingerprint density at radius 1 is 1.06 bits per heavy atom. The number of nitrogens with one attached hydrogen (secondary N) is 1. The quantitative estimate of drug-likeness (QED) is 0.573. The summed E-state index contributed by atoms with van der Waals surface area (Å²) in [5, 5.41) is 3.57. The number of hydrogen-bond acceptors (Lipinski definition) is 3. The second-order valence-electron chi connectivity index (χ2n) is 6.24. The van der Waals surface area contributed by atoms with Crippen LogP contribution in [0.1, 0.15) is 40.0 Å². The molecule has 1 unspecified atom stereocenters. The fourth-order valence-electron chi connectivity index (χ4n) is 2.25. The maximum absolute atomic E-state index is 3.57. The van der Waals surface area contributed by atoms with Gasteiger partial charge in [-0.1, -0.05) is 20.8 Å². The molecule has 0 aliphatic carbocycles. The zero-order valence-electron chi connectivity index (χ0n) is 13.6. The van der Waals surface area contributed by atoms with Gasteiger partial charge >= 0.3 is 0 Å². The molecule has 0 saturated heterocycles. The third kappa shape index (κ3) is 8.90. The fraction of sp³-hybridized carbons (Fsp3) is 1.00. The van der Waals surface area contributed by atoms with Crippen molar-refractivity contribution in [1.29, 1.82) is 0 Å². The van der Waals surface area contributed by atoms with E-state index in [4.69, 9.17) is 0 Å². The summed E-state index contributed by atoms with van der Waals surface area (Å²) in [5.74, 6) is 0. The summed E-state index contributed by atoms with van der Waals surface area (Å²) in [6, 6.07) is 0. The monoisotopic (exact) mass is 257 g/mol. The first-order valence-electron chi connectivity index (χ1n) is 7.47. The second kappa shape index (κ2) is 9.76. The molecule has 3 heteroatoms. The van der Waals surface area contributed by atoms with Crippen molar-refractivity contribution < 1.29 is 0 Å². The van der Waals surface area contributed by atoms with Crippen molar-refractivity contribution >= 4 is 0 Å². The lowest BCUT2D eigenvalue weighted by Gasteiger charge is -2.33. The largest absolute Gasteiger partial charge is 0.316 e. The van der Waals surface area contributed by atoms with Crippen molar-refractivity contribution in [3.05, 3.63) is 0 Å². The van der Waals surface area contributed by atoms with Gasteiger partial charge in [0.15, 0.2) is 0 Å². The minimum Gasteiger partial charge on any atom is -0.316 e. The van der Waals surface area contributed by atoms with Crippen LogP contribution in [0.25, 0.3) is 0 Å². The van der Waals surface area contributed by atoms with E-state index < -0.39 is 0 Å². The highest BCUT2D eigenvalue weighted by atomic mass is 15.1. The van der Waals surface area contributed by atoms with Crippen molar-refractivity contribution in [3.63, 3.8) is 0 Å². The van der Waals surface area contributed by atoms with E-state index in [1.165, 1.54) is 38.9 Å². The molecule has 3 nitrogen and oxygen atoms in total. The van der Waals surface area contributed by atoms with Crippen molar-refractivity contribution in [2.24, 2.45) is 5.41 Å². The standard InChI is InChI=1S/C15H35N3/c1-7-10-16-13-15(3,8-2)14-18(6)12-9-11-17(4)5/h16H,7-14H2,1-6H3. The Kier molecular flexibility index (Phi) is 9.70. The van der Waals surface area contributed by atoms with E-state index >= 15 is 0 Å². The Morgan fingerprint density at radius 3 is 2.22 bits per heavy atom. The normalized spacial score (nSPS) is 15.3. The van der Waals surface area contributed by atoms with E-state index in [2.05, 4.69) is 57.0 Å². The van der Waals surface area contributed by atoms with Gasteiger partial charge in [0.05, 0.1) is 0 Å². The molecule has 0 radical (unpaired) electrons. The molecule has 0 aromatic heterocycles. The highest BCUT2D eigenvalue weighted by molar-refractivity contribution is 4.78. The first kappa shape index (κ1) is 17.9. The van der Waals surface area contributed by atoms with Crippen LogP contribution in [0.4, 0.5) is 0 Å². The zero-order valence-corrected chi connectivity index (χ0v) is 13.6. The summed E-state index contributed by atoms with van der Waals surface area (Å²) in [4.78, 5) is 4.75. The molecule has 0 aliphatic heterocycles. The van der Waals surface area contributed by atoms with Gasteiger partial charge in [0.2, 0.25) is 0 Å². The molecule has 1 atom stereocenters. The Balaban J connectivity index is 3.93. The SMILES string of the molecule is CCCNCC(C)(CC)CN(C)CCCN(C)C. The molecule has 0 rings (SSSR count). The van der Waals surface area contributed by atoms with Crippen LogP contribution in [0.3, 0.4) is 0 Å². The van der Waals surface area contributed by atoms with E-state index in [9.17, 15) is 0 Å². The Labute approximate surface area is 115 Å². The van der Waals surface area contributed by atoms with Crippen LogP contribution >= 0.6 is 0 Å². The Bertz CT molecular complexity index is 194. The minimum absolute atomic E-state index is 0.405. The van der Waals surface area contributed by atoms with Gasteiger partial charge in [0.1, 0.15) is 0 Å². The molecule has 0 bridgehead atoms. The summed E-state index contributed by atoms with van der Waals surface area (Å²) < 4.78 is 0. The number of hydrogen-bond donors (Lipinski definition) is 1. The van der Waals surface area contributed by atoms with Crippen LogP contribution in [-0.4, -0.2) is 63.7 Å². The van der Waals surface area contributed by atoms with Crippen molar-refractivity contribution in [2.75, 3.05) is 53.9 Å². The van der Waals surface area contributed by atoms with Gasteiger partial charge in [-0.15, -0.1) is 0 Å². The third-order valence-electron chi connectivity index (χ3n) is 3.63. The summed E-state index contributed by atoms with van der Waals surface area (Å²) in [6.45, 7) is 12.8. The lowest BCUT2D eigenvalue weighted by Crippen LogP contribution is -2.41. The van der Waals surface area contributed by atoms with E-state index in [1.54, 1.807) is 0 Å². The summed E-state index contributed by atoms with van der Waals surface area (Å²) in [6.07, 6.45) is 3.71. The topological polar surface area (TPSA) is 18.5 Å². The van der Waals surface area contributed by atoms with Gasteiger partial charge in [0, 0.05) is 13.1 Å². The van der Waals surface area contributed by atoms with Crippen molar-refractivity contribution in [1.82, 2.24) is 15.1 Å². The third-order valence-corrected chi connectivity index (χ3v) is 3.63. The van der Waals surface area contributed by atoms with Crippen molar-refractivity contribution in [2.45, 2.75) is 40.0 Å². The highest BCUT2D eigenvalue weighted by Crippen LogP contribution is 2.21. The first-order chi connectivity index (χ1) is 8.43. The number of nitrogens with zero attached hydrogens (tertiary/aromatic N) is 2. The molecule has 0 fully saturated rings. The molecule has 110 valence electrons.